The standard InChI is InChI=1S/C26H27ClN2O2/c1-2-25(30)29(19-21-13-7-4-8-14-21)24(17-20-11-5-3-6-12-20)26(31)28-18-22-15-9-10-16-23(22)27/h3-16,24H,2,17-19H2,1H3,(H,28,31). The van der Waals surface area contributed by atoms with Crippen LogP contribution in [-0.2, 0) is 29.1 Å². The number of hydrogen-bond donors (Lipinski definition) is 1. The molecule has 160 valence electrons. The maximum absolute atomic E-state index is 13.3. The van der Waals surface area contributed by atoms with Crippen molar-refractivity contribution in [3.63, 3.8) is 0 Å². The van der Waals surface area contributed by atoms with Crippen molar-refractivity contribution < 1.29 is 9.59 Å². The second kappa shape index (κ2) is 11.3. The third-order valence-corrected chi connectivity index (χ3v) is 5.55. The molecule has 31 heavy (non-hydrogen) atoms. The molecule has 0 spiro atoms. The third kappa shape index (κ3) is 6.43. The Morgan fingerprint density at radius 1 is 0.871 bits per heavy atom. The lowest BCUT2D eigenvalue weighted by Gasteiger charge is -2.31. The SMILES string of the molecule is CCC(=O)N(Cc1ccccc1)C(Cc1ccccc1)C(=O)NCc1ccccc1Cl. The van der Waals surface area contributed by atoms with Crippen molar-refractivity contribution in [2.24, 2.45) is 0 Å². The summed E-state index contributed by atoms with van der Waals surface area (Å²) in [6.07, 6.45) is 0.768. The highest BCUT2D eigenvalue weighted by molar-refractivity contribution is 6.31. The van der Waals surface area contributed by atoms with E-state index in [1.54, 1.807) is 11.0 Å². The van der Waals surface area contributed by atoms with Crippen LogP contribution in [0, 0.1) is 0 Å². The normalized spacial score (nSPS) is 11.5. The molecule has 0 saturated carbocycles. The highest BCUT2D eigenvalue weighted by Gasteiger charge is 2.29. The van der Waals surface area contributed by atoms with Gasteiger partial charge in [-0.1, -0.05) is 97.4 Å². The monoisotopic (exact) mass is 434 g/mol. The lowest BCUT2D eigenvalue weighted by molar-refractivity contribution is -0.141. The predicted octanol–water partition coefficient (Wildman–Crippen LogP) is 5.01. The molecular weight excluding hydrogens is 408 g/mol. The van der Waals surface area contributed by atoms with E-state index in [-0.39, 0.29) is 11.8 Å². The Bertz CT molecular complexity index is 993. The van der Waals surface area contributed by atoms with Gasteiger partial charge in [-0.15, -0.1) is 0 Å². The molecule has 5 heteroatoms. The number of nitrogens with one attached hydrogen (secondary N) is 1. The Balaban J connectivity index is 1.86. The molecular formula is C26H27ClN2O2. The number of benzene rings is 3. The molecule has 2 amide bonds. The number of halogens is 1. The van der Waals surface area contributed by atoms with E-state index in [1.165, 1.54) is 0 Å². The van der Waals surface area contributed by atoms with E-state index in [0.29, 0.717) is 31.0 Å². The summed E-state index contributed by atoms with van der Waals surface area (Å²) in [7, 11) is 0. The molecule has 0 aliphatic heterocycles. The third-order valence-electron chi connectivity index (χ3n) is 5.18. The van der Waals surface area contributed by atoms with Crippen molar-refractivity contribution in [3.8, 4) is 0 Å². The van der Waals surface area contributed by atoms with Crippen molar-refractivity contribution in [1.82, 2.24) is 10.2 Å². The van der Waals surface area contributed by atoms with E-state index in [0.717, 1.165) is 16.7 Å². The van der Waals surface area contributed by atoms with Crippen LogP contribution < -0.4 is 5.32 Å². The molecule has 0 saturated heterocycles. The summed E-state index contributed by atoms with van der Waals surface area (Å²) in [5, 5.41) is 3.59. The molecule has 1 unspecified atom stereocenters. The maximum atomic E-state index is 13.3. The smallest absolute Gasteiger partial charge is 0.243 e. The van der Waals surface area contributed by atoms with Gasteiger partial charge in [-0.2, -0.15) is 0 Å². The number of carbonyl (C=O) groups is 2. The van der Waals surface area contributed by atoms with E-state index in [9.17, 15) is 9.59 Å². The average molecular weight is 435 g/mol. The molecule has 3 aromatic carbocycles. The Morgan fingerprint density at radius 2 is 1.45 bits per heavy atom. The van der Waals surface area contributed by atoms with Gasteiger partial charge >= 0.3 is 0 Å². The van der Waals surface area contributed by atoms with Crippen LogP contribution in [0.15, 0.2) is 84.9 Å². The highest BCUT2D eigenvalue weighted by Crippen LogP contribution is 2.17. The van der Waals surface area contributed by atoms with E-state index < -0.39 is 6.04 Å². The summed E-state index contributed by atoms with van der Waals surface area (Å²) < 4.78 is 0. The summed E-state index contributed by atoms with van der Waals surface area (Å²) in [6.45, 7) is 2.51. The van der Waals surface area contributed by atoms with E-state index in [4.69, 9.17) is 11.6 Å². The van der Waals surface area contributed by atoms with Crippen LogP contribution in [0.25, 0.3) is 0 Å². The topological polar surface area (TPSA) is 49.4 Å². The second-order valence-corrected chi connectivity index (χ2v) is 7.78. The van der Waals surface area contributed by atoms with Gasteiger partial charge in [-0.25, -0.2) is 0 Å². The maximum Gasteiger partial charge on any atom is 0.243 e. The number of amides is 2. The first-order valence-corrected chi connectivity index (χ1v) is 10.8. The first-order chi connectivity index (χ1) is 15.1. The molecule has 3 aromatic rings. The Labute approximate surface area is 188 Å². The summed E-state index contributed by atoms with van der Waals surface area (Å²) >= 11 is 6.24. The van der Waals surface area contributed by atoms with E-state index in [2.05, 4.69) is 5.32 Å². The summed E-state index contributed by atoms with van der Waals surface area (Å²) in [5.41, 5.74) is 2.83. The summed E-state index contributed by atoms with van der Waals surface area (Å²) in [6, 6.07) is 26.3. The quantitative estimate of drug-likeness (QED) is 0.514. The summed E-state index contributed by atoms with van der Waals surface area (Å²) in [5.74, 6) is -0.251. The molecule has 1 atom stereocenters. The van der Waals surface area contributed by atoms with Gasteiger partial charge in [0.1, 0.15) is 6.04 Å². The van der Waals surface area contributed by atoms with Crippen molar-refractivity contribution in [3.05, 3.63) is 107 Å². The van der Waals surface area contributed by atoms with Crippen LogP contribution in [-0.4, -0.2) is 22.8 Å². The molecule has 0 heterocycles. The van der Waals surface area contributed by atoms with Crippen molar-refractivity contribution >= 4 is 23.4 Å². The minimum atomic E-state index is -0.627. The lowest BCUT2D eigenvalue weighted by atomic mass is 10.0. The van der Waals surface area contributed by atoms with Crippen LogP contribution >= 0.6 is 11.6 Å². The zero-order chi connectivity index (χ0) is 22.1. The molecule has 0 aliphatic carbocycles. The summed E-state index contributed by atoms with van der Waals surface area (Å²) in [4.78, 5) is 27.9. The van der Waals surface area contributed by atoms with Gasteiger partial charge in [0.25, 0.3) is 0 Å². The van der Waals surface area contributed by atoms with Crippen LogP contribution in [0.5, 0.6) is 0 Å². The first kappa shape index (κ1) is 22.6. The zero-order valence-electron chi connectivity index (χ0n) is 17.6. The minimum absolute atomic E-state index is 0.0577. The molecule has 0 fully saturated rings. The molecule has 3 rings (SSSR count). The predicted molar refractivity (Wildman–Crippen MR) is 125 cm³/mol. The van der Waals surface area contributed by atoms with E-state index >= 15 is 0 Å². The fourth-order valence-electron chi connectivity index (χ4n) is 3.48. The number of rotatable bonds is 9. The molecule has 1 N–H and O–H groups in total. The van der Waals surface area contributed by atoms with Crippen molar-refractivity contribution in [1.29, 1.82) is 0 Å². The zero-order valence-corrected chi connectivity index (χ0v) is 18.4. The van der Waals surface area contributed by atoms with Gasteiger partial charge in [-0.05, 0) is 22.8 Å². The molecule has 0 bridgehead atoms. The van der Waals surface area contributed by atoms with Crippen LogP contribution in [0.3, 0.4) is 0 Å². The van der Waals surface area contributed by atoms with Crippen LogP contribution in [0.1, 0.15) is 30.0 Å². The van der Waals surface area contributed by atoms with Crippen molar-refractivity contribution in [2.45, 2.75) is 38.9 Å². The van der Waals surface area contributed by atoms with Gasteiger partial charge in [0.15, 0.2) is 0 Å². The fraction of sp³-hybridized carbons (Fsp3) is 0.231. The lowest BCUT2D eigenvalue weighted by Crippen LogP contribution is -2.50. The highest BCUT2D eigenvalue weighted by atomic mass is 35.5. The molecule has 0 aromatic heterocycles. The van der Waals surface area contributed by atoms with Crippen LogP contribution in [0.2, 0.25) is 5.02 Å². The van der Waals surface area contributed by atoms with Gasteiger partial charge in [0, 0.05) is 31.0 Å². The van der Waals surface area contributed by atoms with Gasteiger partial charge in [0.2, 0.25) is 11.8 Å². The molecule has 0 radical (unpaired) electrons. The average Bonchev–Trinajstić information content (AvgIpc) is 2.81. The number of nitrogens with zero attached hydrogens (tertiary/aromatic N) is 1. The Kier molecular flexibility index (Phi) is 8.25. The number of hydrogen-bond acceptors (Lipinski definition) is 2. The van der Waals surface area contributed by atoms with E-state index in [1.807, 2.05) is 85.8 Å². The number of carbonyl (C=O) groups excluding carboxylic acids is 2. The minimum Gasteiger partial charge on any atom is -0.350 e. The molecule has 0 aliphatic rings. The van der Waals surface area contributed by atoms with Crippen LogP contribution in [0.4, 0.5) is 0 Å². The Morgan fingerprint density at radius 3 is 2.06 bits per heavy atom. The second-order valence-electron chi connectivity index (χ2n) is 7.38. The van der Waals surface area contributed by atoms with Gasteiger partial charge in [-0.3, -0.25) is 9.59 Å². The fourth-order valence-corrected chi connectivity index (χ4v) is 3.68. The Hall–Kier alpha value is -3.11. The molecule has 4 nitrogen and oxygen atoms in total. The van der Waals surface area contributed by atoms with Crippen molar-refractivity contribution in [2.75, 3.05) is 0 Å². The van der Waals surface area contributed by atoms with Gasteiger partial charge in [0.05, 0.1) is 0 Å². The first-order valence-electron chi connectivity index (χ1n) is 10.5. The van der Waals surface area contributed by atoms with Gasteiger partial charge < -0.3 is 10.2 Å². The largest absolute Gasteiger partial charge is 0.350 e.